The highest BCUT2D eigenvalue weighted by molar-refractivity contribution is 5.88. The van der Waals surface area contributed by atoms with E-state index in [-0.39, 0.29) is 5.91 Å². The lowest BCUT2D eigenvalue weighted by molar-refractivity contribution is -0.114. The average molecular weight is 371 g/mol. The highest BCUT2D eigenvalue weighted by Crippen LogP contribution is 2.09. The highest BCUT2D eigenvalue weighted by Gasteiger charge is 2.02. The van der Waals surface area contributed by atoms with E-state index < -0.39 is 0 Å². The molecule has 1 heterocycles. The van der Waals surface area contributed by atoms with Crippen molar-refractivity contribution in [1.29, 1.82) is 0 Å². The molecule has 0 aliphatic carbocycles. The number of hydrogen-bond acceptors (Lipinski definition) is 3. The Kier molecular flexibility index (Phi) is 7.85. The van der Waals surface area contributed by atoms with Gasteiger partial charge in [0.05, 0.1) is 5.69 Å². The molecule has 0 unspecified atom stereocenters. The van der Waals surface area contributed by atoms with Crippen molar-refractivity contribution < 1.29 is 4.79 Å². The van der Waals surface area contributed by atoms with Gasteiger partial charge in [-0.2, -0.15) is 5.10 Å². The molecule has 3 N–H and O–H groups in total. The number of carbonyl (C=O) groups is 1. The Bertz CT molecular complexity index is 763. The Balaban J connectivity index is 1.66. The van der Waals surface area contributed by atoms with Crippen LogP contribution in [-0.2, 0) is 17.8 Å². The monoisotopic (exact) mass is 370 g/mol. The zero-order valence-electron chi connectivity index (χ0n) is 16.7. The van der Waals surface area contributed by atoms with Gasteiger partial charge in [0.1, 0.15) is 0 Å². The van der Waals surface area contributed by atoms with Crippen molar-refractivity contribution in [1.82, 2.24) is 20.4 Å². The van der Waals surface area contributed by atoms with Crippen molar-refractivity contribution in [3.05, 3.63) is 47.3 Å². The van der Waals surface area contributed by atoms with Crippen LogP contribution < -0.4 is 16.0 Å². The minimum absolute atomic E-state index is 0.0582. The number of rotatable bonds is 8. The van der Waals surface area contributed by atoms with Crippen molar-refractivity contribution in [3.63, 3.8) is 0 Å². The summed E-state index contributed by atoms with van der Waals surface area (Å²) >= 11 is 0. The molecule has 0 bridgehead atoms. The van der Waals surface area contributed by atoms with Crippen LogP contribution in [0.15, 0.2) is 35.3 Å². The lowest BCUT2D eigenvalue weighted by Crippen LogP contribution is -2.39. The summed E-state index contributed by atoms with van der Waals surface area (Å²) < 4.78 is 2.04. The second-order valence-electron chi connectivity index (χ2n) is 6.56. The molecule has 0 aliphatic heterocycles. The van der Waals surface area contributed by atoms with E-state index in [9.17, 15) is 4.79 Å². The zero-order valence-corrected chi connectivity index (χ0v) is 16.7. The second kappa shape index (κ2) is 10.4. The molecule has 146 valence electrons. The van der Waals surface area contributed by atoms with E-state index in [0.717, 1.165) is 49.8 Å². The van der Waals surface area contributed by atoms with Crippen molar-refractivity contribution in [3.8, 4) is 0 Å². The predicted molar refractivity (Wildman–Crippen MR) is 110 cm³/mol. The van der Waals surface area contributed by atoms with Gasteiger partial charge in [-0.05, 0) is 50.5 Å². The zero-order chi connectivity index (χ0) is 19.6. The number of anilines is 1. The van der Waals surface area contributed by atoms with E-state index in [4.69, 9.17) is 0 Å². The SMILES string of the molecule is CN=C(NCCCn1nc(C)cc1C)NCCc1ccc(NC(C)=O)cc1. The normalized spacial score (nSPS) is 11.3. The van der Waals surface area contributed by atoms with Crippen molar-refractivity contribution in [2.75, 3.05) is 25.5 Å². The van der Waals surface area contributed by atoms with Crippen LogP contribution in [0, 0.1) is 13.8 Å². The number of amides is 1. The van der Waals surface area contributed by atoms with Crippen molar-refractivity contribution in [2.24, 2.45) is 4.99 Å². The number of carbonyl (C=O) groups excluding carboxylic acids is 1. The van der Waals surface area contributed by atoms with Gasteiger partial charge in [-0.25, -0.2) is 0 Å². The molecule has 2 aromatic rings. The number of aromatic nitrogens is 2. The topological polar surface area (TPSA) is 83.3 Å². The number of benzene rings is 1. The fourth-order valence-electron chi connectivity index (χ4n) is 2.84. The molecule has 0 aliphatic rings. The van der Waals surface area contributed by atoms with Crippen LogP contribution in [0.5, 0.6) is 0 Å². The molecule has 0 radical (unpaired) electrons. The standard InChI is InChI=1S/C20H30N6O/c1-15-14-16(2)26(25-15)13-5-11-22-20(21-4)23-12-10-18-6-8-19(9-7-18)24-17(3)27/h6-9,14H,5,10-13H2,1-4H3,(H,24,27)(H2,21,22,23). The first kappa shape index (κ1) is 20.5. The summed E-state index contributed by atoms with van der Waals surface area (Å²) in [4.78, 5) is 15.3. The van der Waals surface area contributed by atoms with E-state index in [1.54, 1.807) is 7.05 Å². The fourth-order valence-corrected chi connectivity index (χ4v) is 2.84. The Hall–Kier alpha value is -2.83. The van der Waals surface area contributed by atoms with Gasteiger partial charge >= 0.3 is 0 Å². The van der Waals surface area contributed by atoms with Gasteiger partial charge in [0.2, 0.25) is 5.91 Å². The van der Waals surface area contributed by atoms with Gasteiger partial charge in [-0.15, -0.1) is 0 Å². The van der Waals surface area contributed by atoms with Gasteiger partial charge in [-0.1, -0.05) is 12.1 Å². The van der Waals surface area contributed by atoms with E-state index in [1.807, 2.05) is 35.9 Å². The van der Waals surface area contributed by atoms with Crippen LogP contribution in [0.3, 0.4) is 0 Å². The van der Waals surface area contributed by atoms with Crippen LogP contribution in [0.1, 0.15) is 30.3 Å². The molecule has 2 rings (SSSR count). The average Bonchev–Trinajstić information content (AvgIpc) is 2.95. The third-order valence-corrected chi connectivity index (χ3v) is 4.15. The van der Waals surface area contributed by atoms with Gasteiger partial charge < -0.3 is 16.0 Å². The largest absolute Gasteiger partial charge is 0.356 e. The lowest BCUT2D eigenvalue weighted by Gasteiger charge is -2.12. The molecule has 0 saturated heterocycles. The van der Waals surface area contributed by atoms with Crippen LogP contribution in [0.25, 0.3) is 0 Å². The molecule has 7 nitrogen and oxygen atoms in total. The highest BCUT2D eigenvalue weighted by atomic mass is 16.1. The molecule has 1 aromatic carbocycles. The van der Waals surface area contributed by atoms with E-state index in [2.05, 4.69) is 39.0 Å². The lowest BCUT2D eigenvalue weighted by atomic mass is 10.1. The molecule has 0 atom stereocenters. The number of nitrogens with zero attached hydrogens (tertiary/aromatic N) is 3. The molecular formula is C20H30N6O. The number of nitrogens with one attached hydrogen (secondary N) is 3. The number of aryl methyl sites for hydroxylation is 3. The maximum absolute atomic E-state index is 11.0. The Morgan fingerprint density at radius 1 is 1.15 bits per heavy atom. The third-order valence-electron chi connectivity index (χ3n) is 4.15. The summed E-state index contributed by atoms with van der Waals surface area (Å²) in [6.45, 7) is 8.12. The Labute approximate surface area is 161 Å². The first-order chi connectivity index (χ1) is 13.0. The maximum Gasteiger partial charge on any atom is 0.221 e. The molecule has 0 saturated carbocycles. The fraction of sp³-hybridized carbons (Fsp3) is 0.450. The second-order valence-corrected chi connectivity index (χ2v) is 6.56. The predicted octanol–water partition coefficient (Wildman–Crippen LogP) is 2.26. The first-order valence-electron chi connectivity index (χ1n) is 9.30. The molecule has 0 spiro atoms. The minimum Gasteiger partial charge on any atom is -0.356 e. The van der Waals surface area contributed by atoms with E-state index in [0.29, 0.717) is 0 Å². The Morgan fingerprint density at radius 2 is 1.85 bits per heavy atom. The van der Waals surface area contributed by atoms with Gasteiger partial charge in [-0.3, -0.25) is 14.5 Å². The van der Waals surface area contributed by atoms with Crippen LogP contribution >= 0.6 is 0 Å². The summed E-state index contributed by atoms with van der Waals surface area (Å²) in [6.07, 6.45) is 1.86. The summed E-state index contributed by atoms with van der Waals surface area (Å²) in [5.41, 5.74) is 4.28. The van der Waals surface area contributed by atoms with Crippen LogP contribution in [0.4, 0.5) is 5.69 Å². The quantitative estimate of drug-likeness (QED) is 0.378. The molecule has 27 heavy (non-hydrogen) atoms. The van der Waals surface area contributed by atoms with Crippen LogP contribution in [-0.4, -0.2) is 41.8 Å². The summed E-state index contributed by atoms with van der Waals surface area (Å²) in [7, 11) is 1.78. The molecular weight excluding hydrogens is 340 g/mol. The van der Waals surface area contributed by atoms with E-state index in [1.165, 1.54) is 18.2 Å². The maximum atomic E-state index is 11.0. The van der Waals surface area contributed by atoms with Crippen molar-refractivity contribution in [2.45, 2.75) is 40.2 Å². The van der Waals surface area contributed by atoms with Crippen molar-refractivity contribution >= 4 is 17.6 Å². The Morgan fingerprint density at radius 3 is 2.44 bits per heavy atom. The minimum atomic E-state index is -0.0582. The van der Waals surface area contributed by atoms with Gasteiger partial charge in [0.15, 0.2) is 5.96 Å². The first-order valence-corrected chi connectivity index (χ1v) is 9.30. The summed E-state index contributed by atoms with van der Waals surface area (Å²) in [5, 5.41) is 13.9. The molecule has 0 fully saturated rings. The molecule has 1 aromatic heterocycles. The van der Waals surface area contributed by atoms with Crippen LogP contribution in [0.2, 0.25) is 0 Å². The van der Waals surface area contributed by atoms with Gasteiger partial charge in [0.25, 0.3) is 0 Å². The number of aliphatic imine (C=N–C) groups is 1. The third kappa shape index (κ3) is 7.13. The number of hydrogen-bond donors (Lipinski definition) is 3. The molecule has 1 amide bonds. The summed E-state index contributed by atoms with van der Waals surface area (Å²) in [6, 6.07) is 9.98. The smallest absolute Gasteiger partial charge is 0.221 e. The van der Waals surface area contributed by atoms with Gasteiger partial charge in [0, 0.05) is 45.0 Å². The van der Waals surface area contributed by atoms with E-state index >= 15 is 0 Å². The number of guanidine groups is 1. The summed E-state index contributed by atoms with van der Waals surface area (Å²) in [5.74, 6) is 0.746. The molecule has 7 heteroatoms.